The molecule has 102 valence electrons. The zero-order valence-electron chi connectivity index (χ0n) is 11.9. The Hall–Kier alpha value is -1.13. The van der Waals surface area contributed by atoms with Crippen LogP contribution in [0.1, 0.15) is 29.4 Å². The van der Waals surface area contributed by atoms with Gasteiger partial charge in [0.2, 0.25) is 0 Å². The summed E-state index contributed by atoms with van der Waals surface area (Å²) in [5.41, 5.74) is 11.8. The minimum absolute atomic E-state index is 0.137. The molecular formula is C15H20BrN3. The van der Waals surface area contributed by atoms with Crippen LogP contribution in [0.25, 0.3) is 5.69 Å². The van der Waals surface area contributed by atoms with Crippen molar-refractivity contribution in [3.8, 4) is 5.69 Å². The summed E-state index contributed by atoms with van der Waals surface area (Å²) in [4.78, 5) is 0. The molecule has 1 atom stereocenters. The minimum Gasteiger partial charge on any atom is -0.328 e. The van der Waals surface area contributed by atoms with Gasteiger partial charge in [0.05, 0.1) is 11.4 Å². The molecule has 0 saturated heterocycles. The molecule has 0 aliphatic heterocycles. The molecule has 19 heavy (non-hydrogen) atoms. The number of halogens is 1. The van der Waals surface area contributed by atoms with Crippen molar-refractivity contribution in [2.75, 3.05) is 0 Å². The molecule has 2 aromatic rings. The van der Waals surface area contributed by atoms with Crippen molar-refractivity contribution in [2.45, 2.75) is 40.2 Å². The zero-order chi connectivity index (χ0) is 14.2. The maximum atomic E-state index is 5.94. The minimum atomic E-state index is 0.137. The van der Waals surface area contributed by atoms with Crippen LogP contribution in [-0.4, -0.2) is 15.8 Å². The van der Waals surface area contributed by atoms with E-state index >= 15 is 0 Å². The molecule has 0 radical (unpaired) electrons. The van der Waals surface area contributed by atoms with Gasteiger partial charge in [-0.2, -0.15) is 5.10 Å². The van der Waals surface area contributed by atoms with Gasteiger partial charge in [-0.1, -0.05) is 22.0 Å². The van der Waals surface area contributed by atoms with Crippen molar-refractivity contribution in [3.63, 3.8) is 0 Å². The molecule has 2 rings (SSSR count). The molecule has 1 heterocycles. The van der Waals surface area contributed by atoms with Crippen molar-refractivity contribution >= 4 is 15.9 Å². The number of nitrogens with two attached hydrogens (primary N) is 1. The van der Waals surface area contributed by atoms with Gasteiger partial charge in [-0.3, -0.25) is 0 Å². The molecule has 0 aliphatic rings. The van der Waals surface area contributed by atoms with Crippen LogP contribution in [0.15, 0.2) is 22.7 Å². The second-order valence-corrected chi connectivity index (χ2v) is 6.08. The normalized spacial score (nSPS) is 12.7. The average molecular weight is 322 g/mol. The average Bonchev–Trinajstić information content (AvgIpc) is 2.59. The summed E-state index contributed by atoms with van der Waals surface area (Å²) in [7, 11) is 0. The van der Waals surface area contributed by atoms with Crippen molar-refractivity contribution in [2.24, 2.45) is 5.73 Å². The first kappa shape index (κ1) is 14.3. The lowest BCUT2D eigenvalue weighted by molar-refractivity contribution is 0.723. The van der Waals surface area contributed by atoms with Gasteiger partial charge in [0, 0.05) is 16.2 Å². The predicted molar refractivity (Wildman–Crippen MR) is 82.8 cm³/mol. The molecule has 0 spiro atoms. The standard InChI is InChI=1S/C15H20BrN3/c1-9(17)7-13-5-6-14(16)8-15(13)19-12(4)10(2)11(3)18-19/h5-6,8-9H,7,17H2,1-4H3. The van der Waals surface area contributed by atoms with Crippen LogP contribution >= 0.6 is 15.9 Å². The van der Waals surface area contributed by atoms with Crippen LogP contribution in [0.3, 0.4) is 0 Å². The largest absolute Gasteiger partial charge is 0.328 e. The van der Waals surface area contributed by atoms with Gasteiger partial charge in [-0.15, -0.1) is 0 Å². The molecule has 3 nitrogen and oxygen atoms in total. The Morgan fingerprint density at radius 3 is 2.53 bits per heavy atom. The van der Waals surface area contributed by atoms with E-state index in [4.69, 9.17) is 5.73 Å². The summed E-state index contributed by atoms with van der Waals surface area (Å²) in [5.74, 6) is 0. The second-order valence-electron chi connectivity index (χ2n) is 5.16. The van der Waals surface area contributed by atoms with Crippen molar-refractivity contribution < 1.29 is 0 Å². The fourth-order valence-electron chi connectivity index (χ4n) is 2.21. The Labute approximate surface area is 122 Å². The van der Waals surface area contributed by atoms with E-state index in [1.807, 2.05) is 18.5 Å². The third-order valence-electron chi connectivity index (χ3n) is 3.47. The smallest absolute Gasteiger partial charge is 0.0692 e. The zero-order valence-corrected chi connectivity index (χ0v) is 13.5. The molecular weight excluding hydrogens is 302 g/mol. The maximum Gasteiger partial charge on any atom is 0.0692 e. The number of benzene rings is 1. The van der Waals surface area contributed by atoms with Crippen LogP contribution in [0, 0.1) is 20.8 Å². The van der Waals surface area contributed by atoms with Crippen molar-refractivity contribution in [1.82, 2.24) is 9.78 Å². The lowest BCUT2D eigenvalue weighted by Gasteiger charge is -2.14. The molecule has 0 amide bonds. The molecule has 0 saturated carbocycles. The Morgan fingerprint density at radius 1 is 1.32 bits per heavy atom. The Bertz CT molecular complexity index is 600. The number of hydrogen-bond acceptors (Lipinski definition) is 2. The fourth-order valence-corrected chi connectivity index (χ4v) is 2.56. The molecule has 1 aromatic heterocycles. The highest BCUT2D eigenvalue weighted by molar-refractivity contribution is 9.10. The van der Waals surface area contributed by atoms with E-state index in [9.17, 15) is 0 Å². The van der Waals surface area contributed by atoms with Crippen LogP contribution in [0.5, 0.6) is 0 Å². The summed E-state index contributed by atoms with van der Waals surface area (Å²) >= 11 is 3.54. The maximum absolute atomic E-state index is 5.94. The van der Waals surface area contributed by atoms with E-state index in [2.05, 4.69) is 53.1 Å². The molecule has 0 bridgehead atoms. The summed E-state index contributed by atoms with van der Waals surface area (Å²) < 4.78 is 3.08. The highest BCUT2D eigenvalue weighted by Gasteiger charge is 2.13. The highest BCUT2D eigenvalue weighted by atomic mass is 79.9. The first-order valence-electron chi connectivity index (χ1n) is 6.47. The molecule has 2 N–H and O–H groups in total. The Kier molecular flexibility index (Phi) is 4.11. The van der Waals surface area contributed by atoms with Gasteiger partial charge in [-0.05, 0) is 57.4 Å². The van der Waals surface area contributed by atoms with Crippen LogP contribution in [0.4, 0.5) is 0 Å². The second kappa shape index (κ2) is 5.47. The Morgan fingerprint density at radius 2 is 2.00 bits per heavy atom. The van der Waals surface area contributed by atoms with Gasteiger partial charge < -0.3 is 5.73 Å². The van der Waals surface area contributed by atoms with Crippen molar-refractivity contribution in [1.29, 1.82) is 0 Å². The van der Waals surface area contributed by atoms with Gasteiger partial charge in [-0.25, -0.2) is 4.68 Å². The van der Waals surface area contributed by atoms with Crippen LogP contribution in [0.2, 0.25) is 0 Å². The quantitative estimate of drug-likeness (QED) is 0.940. The predicted octanol–water partition coefficient (Wildman–Crippen LogP) is 3.45. The number of aryl methyl sites for hydroxylation is 1. The Balaban J connectivity index is 2.59. The molecule has 4 heteroatoms. The number of nitrogens with zero attached hydrogens (tertiary/aromatic N) is 2. The van der Waals surface area contributed by atoms with E-state index in [1.165, 1.54) is 16.8 Å². The molecule has 1 aromatic carbocycles. The first-order chi connectivity index (χ1) is 8.90. The van der Waals surface area contributed by atoms with E-state index in [0.29, 0.717) is 0 Å². The summed E-state index contributed by atoms with van der Waals surface area (Å²) in [6, 6.07) is 6.42. The van der Waals surface area contributed by atoms with E-state index in [0.717, 1.165) is 22.3 Å². The lowest BCUT2D eigenvalue weighted by atomic mass is 10.1. The van der Waals surface area contributed by atoms with Crippen LogP contribution < -0.4 is 5.73 Å². The highest BCUT2D eigenvalue weighted by Crippen LogP contribution is 2.24. The summed E-state index contributed by atoms with van der Waals surface area (Å²) in [5, 5.41) is 4.64. The SMILES string of the molecule is Cc1nn(-c2cc(Br)ccc2CC(C)N)c(C)c1C. The third-order valence-corrected chi connectivity index (χ3v) is 3.96. The lowest BCUT2D eigenvalue weighted by Crippen LogP contribution is -2.19. The van der Waals surface area contributed by atoms with Gasteiger partial charge >= 0.3 is 0 Å². The van der Waals surface area contributed by atoms with Crippen molar-refractivity contribution in [3.05, 3.63) is 45.2 Å². The van der Waals surface area contributed by atoms with Gasteiger partial charge in [0.1, 0.15) is 0 Å². The first-order valence-corrected chi connectivity index (χ1v) is 7.26. The fraction of sp³-hybridized carbons (Fsp3) is 0.400. The summed E-state index contributed by atoms with van der Waals surface area (Å²) in [6.45, 7) is 8.28. The molecule has 1 unspecified atom stereocenters. The summed E-state index contributed by atoms with van der Waals surface area (Å²) in [6.07, 6.45) is 0.847. The monoisotopic (exact) mass is 321 g/mol. The van der Waals surface area contributed by atoms with Crippen LogP contribution in [-0.2, 0) is 6.42 Å². The van der Waals surface area contributed by atoms with E-state index in [-0.39, 0.29) is 6.04 Å². The van der Waals surface area contributed by atoms with E-state index in [1.54, 1.807) is 0 Å². The third kappa shape index (κ3) is 2.90. The molecule has 0 aliphatic carbocycles. The number of hydrogen-bond donors (Lipinski definition) is 1. The topological polar surface area (TPSA) is 43.8 Å². The number of aromatic nitrogens is 2. The molecule has 0 fully saturated rings. The number of rotatable bonds is 3. The van der Waals surface area contributed by atoms with E-state index < -0.39 is 0 Å². The van der Waals surface area contributed by atoms with Gasteiger partial charge in [0.15, 0.2) is 0 Å². The van der Waals surface area contributed by atoms with Gasteiger partial charge in [0.25, 0.3) is 0 Å².